The van der Waals surface area contributed by atoms with Crippen molar-refractivity contribution in [2.75, 3.05) is 40.0 Å². The standard InChI is InChI=1S/C13H16ClN3O2/c1-16-2-4-17(5-3-16)15-8-10-6-11(14)13-12(7-10)18-9-19-13/h6-8H,2-5,9H2,1H3/p+1/b15-8-. The number of likely N-dealkylation sites (N-methyl/N-ethyl adjacent to an activating group) is 1. The lowest BCUT2D eigenvalue weighted by Gasteiger charge is -2.27. The van der Waals surface area contributed by atoms with Crippen LogP contribution in [0.2, 0.25) is 5.02 Å². The van der Waals surface area contributed by atoms with Crippen molar-refractivity contribution < 1.29 is 14.4 Å². The first-order chi connectivity index (χ1) is 9.22. The van der Waals surface area contributed by atoms with Crippen LogP contribution in [0.5, 0.6) is 11.5 Å². The number of halogens is 1. The smallest absolute Gasteiger partial charge is 0.231 e. The van der Waals surface area contributed by atoms with Crippen molar-refractivity contribution in [2.45, 2.75) is 0 Å². The molecule has 0 amide bonds. The highest BCUT2D eigenvalue weighted by molar-refractivity contribution is 6.32. The predicted octanol–water partition coefficient (Wildman–Crippen LogP) is 0.233. The van der Waals surface area contributed by atoms with Gasteiger partial charge >= 0.3 is 0 Å². The van der Waals surface area contributed by atoms with Crippen molar-refractivity contribution in [2.24, 2.45) is 5.10 Å². The van der Waals surface area contributed by atoms with E-state index in [9.17, 15) is 0 Å². The second-order valence-electron chi connectivity index (χ2n) is 4.89. The lowest BCUT2D eigenvalue weighted by molar-refractivity contribution is -0.884. The van der Waals surface area contributed by atoms with Crippen LogP contribution < -0.4 is 14.4 Å². The molecule has 0 spiro atoms. The zero-order chi connectivity index (χ0) is 13.2. The van der Waals surface area contributed by atoms with Gasteiger partial charge in [0.05, 0.1) is 44.5 Å². The number of hydrogen-bond acceptors (Lipinski definition) is 4. The van der Waals surface area contributed by atoms with Crippen LogP contribution in [-0.4, -0.2) is 51.2 Å². The molecular weight excluding hydrogens is 266 g/mol. The Morgan fingerprint density at radius 2 is 2.11 bits per heavy atom. The second-order valence-corrected chi connectivity index (χ2v) is 5.30. The Morgan fingerprint density at radius 1 is 1.32 bits per heavy atom. The van der Waals surface area contributed by atoms with Crippen molar-refractivity contribution in [1.29, 1.82) is 0 Å². The first-order valence-corrected chi connectivity index (χ1v) is 6.79. The van der Waals surface area contributed by atoms with E-state index in [4.69, 9.17) is 21.1 Å². The van der Waals surface area contributed by atoms with Gasteiger partial charge in [0.25, 0.3) is 0 Å². The van der Waals surface area contributed by atoms with Gasteiger partial charge in [-0.15, -0.1) is 0 Å². The molecule has 1 N–H and O–H groups in total. The predicted molar refractivity (Wildman–Crippen MR) is 73.4 cm³/mol. The SMILES string of the molecule is C[NH+]1CCN(/N=C\c2cc(Cl)c3c(c2)OCO3)CC1. The number of ether oxygens (including phenoxy) is 2. The summed E-state index contributed by atoms with van der Waals surface area (Å²) >= 11 is 6.13. The maximum Gasteiger partial charge on any atom is 0.231 e. The quantitative estimate of drug-likeness (QED) is 0.790. The van der Waals surface area contributed by atoms with E-state index < -0.39 is 0 Å². The Hall–Kier alpha value is -1.46. The van der Waals surface area contributed by atoms with Crippen LogP contribution >= 0.6 is 11.6 Å². The third-order valence-electron chi connectivity index (χ3n) is 3.41. The molecule has 19 heavy (non-hydrogen) atoms. The number of hydrogen-bond donors (Lipinski definition) is 1. The van der Waals surface area contributed by atoms with Crippen molar-refractivity contribution in [1.82, 2.24) is 5.01 Å². The number of quaternary nitrogens is 1. The highest BCUT2D eigenvalue weighted by atomic mass is 35.5. The number of nitrogens with one attached hydrogen (secondary N) is 1. The minimum Gasteiger partial charge on any atom is -0.454 e. The molecule has 1 saturated heterocycles. The monoisotopic (exact) mass is 282 g/mol. The van der Waals surface area contributed by atoms with Gasteiger partial charge in [-0.3, -0.25) is 5.01 Å². The van der Waals surface area contributed by atoms with Crippen LogP contribution in [0.15, 0.2) is 17.2 Å². The Labute approximate surface area is 117 Å². The molecule has 0 aliphatic carbocycles. The summed E-state index contributed by atoms with van der Waals surface area (Å²) in [5.74, 6) is 1.32. The van der Waals surface area contributed by atoms with E-state index in [1.54, 1.807) is 4.90 Å². The summed E-state index contributed by atoms with van der Waals surface area (Å²) in [5, 5.41) is 7.15. The van der Waals surface area contributed by atoms with Gasteiger partial charge in [-0.25, -0.2) is 0 Å². The molecular formula is C13H17ClN3O2+. The Balaban J connectivity index is 1.71. The van der Waals surface area contributed by atoms with Crippen LogP contribution in [0.3, 0.4) is 0 Å². The van der Waals surface area contributed by atoms with E-state index in [1.807, 2.05) is 18.3 Å². The normalized spacial score (nSPS) is 19.4. The summed E-state index contributed by atoms with van der Waals surface area (Å²) in [5.41, 5.74) is 0.931. The molecule has 1 aromatic rings. The summed E-state index contributed by atoms with van der Waals surface area (Å²) in [6.07, 6.45) is 1.83. The highest BCUT2D eigenvalue weighted by Crippen LogP contribution is 2.39. The molecule has 2 heterocycles. The molecule has 1 fully saturated rings. The summed E-state index contributed by atoms with van der Waals surface area (Å²) in [7, 11) is 2.21. The highest BCUT2D eigenvalue weighted by Gasteiger charge is 2.18. The van der Waals surface area contributed by atoms with Gasteiger partial charge in [-0.05, 0) is 17.7 Å². The van der Waals surface area contributed by atoms with Gasteiger partial charge in [-0.1, -0.05) is 11.6 Å². The zero-order valence-electron chi connectivity index (χ0n) is 10.9. The van der Waals surface area contributed by atoms with E-state index in [1.165, 1.54) is 0 Å². The lowest BCUT2D eigenvalue weighted by atomic mass is 10.2. The molecule has 0 bridgehead atoms. The molecule has 5 nitrogen and oxygen atoms in total. The van der Waals surface area contributed by atoms with Gasteiger partial charge in [-0.2, -0.15) is 5.10 Å². The van der Waals surface area contributed by atoms with E-state index in [-0.39, 0.29) is 6.79 Å². The van der Waals surface area contributed by atoms with Crippen LogP contribution in [0.1, 0.15) is 5.56 Å². The van der Waals surface area contributed by atoms with Crippen molar-refractivity contribution >= 4 is 17.8 Å². The van der Waals surface area contributed by atoms with E-state index in [2.05, 4.69) is 17.2 Å². The number of hydrazone groups is 1. The van der Waals surface area contributed by atoms with Crippen LogP contribution in [0, 0.1) is 0 Å². The van der Waals surface area contributed by atoms with Gasteiger partial charge in [0.2, 0.25) is 6.79 Å². The Morgan fingerprint density at radius 3 is 2.89 bits per heavy atom. The minimum absolute atomic E-state index is 0.233. The zero-order valence-corrected chi connectivity index (χ0v) is 11.6. The topological polar surface area (TPSA) is 38.5 Å². The van der Waals surface area contributed by atoms with E-state index in [0.717, 1.165) is 31.7 Å². The molecule has 1 aromatic carbocycles. The Kier molecular flexibility index (Phi) is 3.48. The maximum atomic E-state index is 6.13. The summed E-state index contributed by atoms with van der Waals surface area (Å²) in [4.78, 5) is 1.55. The summed E-state index contributed by atoms with van der Waals surface area (Å²) in [6.45, 7) is 4.45. The first-order valence-electron chi connectivity index (χ1n) is 6.42. The van der Waals surface area contributed by atoms with Crippen LogP contribution in [0.4, 0.5) is 0 Å². The van der Waals surface area contributed by atoms with Crippen LogP contribution in [0.25, 0.3) is 0 Å². The van der Waals surface area contributed by atoms with Crippen LogP contribution in [-0.2, 0) is 0 Å². The molecule has 0 saturated carbocycles. The van der Waals surface area contributed by atoms with E-state index in [0.29, 0.717) is 16.5 Å². The molecule has 3 rings (SSSR count). The molecule has 102 valence electrons. The number of rotatable bonds is 2. The van der Waals surface area contributed by atoms with Gasteiger partial charge in [0.1, 0.15) is 0 Å². The molecule has 0 aromatic heterocycles. The number of piperazine rings is 1. The van der Waals surface area contributed by atoms with E-state index >= 15 is 0 Å². The van der Waals surface area contributed by atoms with Crippen molar-refractivity contribution in [3.63, 3.8) is 0 Å². The molecule has 0 radical (unpaired) electrons. The van der Waals surface area contributed by atoms with Gasteiger partial charge in [0, 0.05) is 0 Å². The Bertz CT molecular complexity index is 499. The molecule has 0 unspecified atom stereocenters. The molecule has 2 aliphatic heterocycles. The molecule has 6 heteroatoms. The number of nitrogens with zero attached hydrogens (tertiary/aromatic N) is 2. The third kappa shape index (κ3) is 2.77. The average molecular weight is 283 g/mol. The molecule has 2 aliphatic rings. The maximum absolute atomic E-state index is 6.13. The fourth-order valence-electron chi connectivity index (χ4n) is 2.20. The number of fused-ring (bicyclic) bond motifs is 1. The first kappa shape index (κ1) is 12.6. The summed E-state index contributed by atoms with van der Waals surface area (Å²) in [6, 6.07) is 3.75. The van der Waals surface area contributed by atoms with Crippen molar-refractivity contribution in [3.05, 3.63) is 22.7 Å². The minimum atomic E-state index is 0.233. The summed E-state index contributed by atoms with van der Waals surface area (Å²) < 4.78 is 10.6. The average Bonchev–Trinajstić information content (AvgIpc) is 2.87. The number of benzene rings is 1. The third-order valence-corrected chi connectivity index (χ3v) is 3.69. The fraction of sp³-hybridized carbons (Fsp3) is 0.462. The fourth-order valence-corrected chi connectivity index (χ4v) is 2.48. The largest absolute Gasteiger partial charge is 0.454 e. The van der Waals surface area contributed by atoms with Gasteiger partial charge in [0.15, 0.2) is 11.5 Å². The lowest BCUT2D eigenvalue weighted by Crippen LogP contribution is -3.11. The van der Waals surface area contributed by atoms with Gasteiger partial charge < -0.3 is 14.4 Å². The second kappa shape index (κ2) is 5.27. The van der Waals surface area contributed by atoms with Crippen molar-refractivity contribution in [3.8, 4) is 11.5 Å². The molecule has 0 atom stereocenters.